The van der Waals surface area contributed by atoms with Crippen LogP contribution in [0.3, 0.4) is 0 Å². The number of para-hydroxylation sites is 2. The second-order valence-electron chi connectivity index (χ2n) is 8.09. The molecular weight excluding hydrogens is 334 g/mol. The molecule has 2 heterocycles. The zero-order valence-electron chi connectivity index (χ0n) is 16.0. The van der Waals surface area contributed by atoms with Crippen LogP contribution in [0.25, 0.3) is 21.8 Å². The molecular formula is C23H25N3O. The van der Waals surface area contributed by atoms with Crippen molar-refractivity contribution in [2.75, 3.05) is 6.54 Å². The Morgan fingerprint density at radius 2 is 1.37 bits per heavy atom. The molecule has 0 unspecified atom stereocenters. The van der Waals surface area contributed by atoms with Gasteiger partial charge in [0.05, 0.1) is 0 Å². The van der Waals surface area contributed by atoms with Gasteiger partial charge in [0.15, 0.2) is 0 Å². The van der Waals surface area contributed by atoms with Gasteiger partial charge in [-0.05, 0) is 23.3 Å². The molecule has 27 heavy (non-hydrogen) atoms. The number of aromatic nitrogens is 2. The lowest BCUT2D eigenvalue weighted by atomic mass is 9.89. The number of fused-ring (bicyclic) bond motifs is 2. The normalized spacial score (nSPS) is 12.1. The Balaban J connectivity index is 1.79. The van der Waals surface area contributed by atoms with Crippen LogP contribution in [0.2, 0.25) is 0 Å². The van der Waals surface area contributed by atoms with E-state index in [-0.39, 0.29) is 11.8 Å². The number of benzene rings is 2. The van der Waals surface area contributed by atoms with Crippen molar-refractivity contribution in [3.8, 4) is 0 Å². The summed E-state index contributed by atoms with van der Waals surface area (Å²) in [7, 11) is 0. The van der Waals surface area contributed by atoms with Gasteiger partial charge in [0.25, 0.3) is 0 Å². The number of hydrogen-bond acceptors (Lipinski definition) is 1. The van der Waals surface area contributed by atoms with E-state index in [1.807, 2.05) is 32.9 Å². The quantitative estimate of drug-likeness (QED) is 0.475. The maximum atomic E-state index is 12.5. The van der Waals surface area contributed by atoms with Crippen molar-refractivity contribution in [1.29, 1.82) is 0 Å². The summed E-state index contributed by atoms with van der Waals surface area (Å²) < 4.78 is 0. The SMILES string of the molecule is CC(C)(C)C(=O)NCC(c1c[nH]c2ccccc12)c1c[nH]c2ccccc12. The van der Waals surface area contributed by atoms with Crippen molar-refractivity contribution in [2.45, 2.75) is 26.7 Å². The maximum absolute atomic E-state index is 12.5. The van der Waals surface area contributed by atoms with Gasteiger partial charge >= 0.3 is 0 Å². The Kier molecular flexibility index (Phi) is 4.27. The highest BCUT2D eigenvalue weighted by Gasteiger charge is 2.25. The Labute approximate surface area is 159 Å². The minimum absolute atomic E-state index is 0.0589. The molecule has 4 rings (SSSR count). The highest BCUT2D eigenvalue weighted by Crippen LogP contribution is 2.34. The average molecular weight is 359 g/mol. The first-order valence-electron chi connectivity index (χ1n) is 9.35. The lowest BCUT2D eigenvalue weighted by Gasteiger charge is -2.22. The molecule has 138 valence electrons. The number of hydrogen-bond donors (Lipinski definition) is 3. The third kappa shape index (κ3) is 3.23. The second kappa shape index (κ2) is 6.62. The van der Waals surface area contributed by atoms with E-state index in [1.54, 1.807) is 0 Å². The van der Waals surface area contributed by atoms with Crippen molar-refractivity contribution >= 4 is 27.7 Å². The van der Waals surface area contributed by atoms with Crippen LogP contribution >= 0.6 is 0 Å². The lowest BCUT2D eigenvalue weighted by Crippen LogP contribution is -2.37. The average Bonchev–Trinajstić information content (AvgIpc) is 3.26. The van der Waals surface area contributed by atoms with E-state index >= 15 is 0 Å². The molecule has 4 aromatic rings. The molecule has 4 nitrogen and oxygen atoms in total. The van der Waals surface area contributed by atoms with Crippen LogP contribution in [0.15, 0.2) is 60.9 Å². The fraction of sp³-hybridized carbons (Fsp3) is 0.261. The molecule has 0 radical (unpaired) electrons. The topological polar surface area (TPSA) is 60.7 Å². The van der Waals surface area contributed by atoms with E-state index in [0.29, 0.717) is 6.54 Å². The summed E-state index contributed by atoms with van der Waals surface area (Å²) >= 11 is 0. The molecule has 0 aliphatic carbocycles. The van der Waals surface area contributed by atoms with E-state index in [9.17, 15) is 4.79 Å². The summed E-state index contributed by atoms with van der Waals surface area (Å²) in [5, 5.41) is 5.55. The number of H-pyrrole nitrogens is 2. The monoisotopic (exact) mass is 359 g/mol. The van der Waals surface area contributed by atoms with Crippen LogP contribution in [-0.2, 0) is 4.79 Å². The third-order valence-corrected chi connectivity index (χ3v) is 5.14. The summed E-state index contributed by atoms with van der Waals surface area (Å²) in [6, 6.07) is 16.6. The standard InChI is InChI=1S/C23H25N3O/c1-23(2,3)22(27)26-14-19(17-12-24-20-10-6-4-8-15(17)20)18-13-25-21-11-7-5-9-16(18)21/h4-13,19,24-25H,14H2,1-3H3,(H,26,27). The third-order valence-electron chi connectivity index (χ3n) is 5.14. The first kappa shape index (κ1) is 17.4. The van der Waals surface area contributed by atoms with Gasteiger partial charge in [0.1, 0.15) is 0 Å². The molecule has 0 fully saturated rings. The highest BCUT2D eigenvalue weighted by molar-refractivity contribution is 5.88. The fourth-order valence-electron chi connectivity index (χ4n) is 3.61. The molecule has 4 heteroatoms. The van der Waals surface area contributed by atoms with E-state index < -0.39 is 5.41 Å². The summed E-state index contributed by atoms with van der Waals surface area (Å²) in [4.78, 5) is 19.3. The van der Waals surface area contributed by atoms with Crippen molar-refractivity contribution in [2.24, 2.45) is 5.41 Å². The predicted octanol–water partition coefficient (Wildman–Crippen LogP) is 4.94. The van der Waals surface area contributed by atoms with Crippen LogP contribution < -0.4 is 5.32 Å². The number of carbonyl (C=O) groups is 1. The molecule has 0 spiro atoms. The van der Waals surface area contributed by atoms with Crippen LogP contribution in [0.1, 0.15) is 37.8 Å². The van der Waals surface area contributed by atoms with Gasteiger partial charge in [0, 0.05) is 52.1 Å². The van der Waals surface area contributed by atoms with Crippen molar-refractivity contribution in [3.05, 3.63) is 72.1 Å². The number of amides is 1. The van der Waals surface area contributed by atoms with E-state index in [1.165, 1.54) is 21.9 Å². The summed E-state index contributed by atoms with van der Waals surface area (Å²) in [6.45, 7) is 6.37. The first-order valence-corrected chi connectivity index (χ1v) is 9.35. The zero-order chi connectivity index (χ0) is 19.0. The Hall–Kier alpha value is -3.01. The van der Waals surface area contributed by atoms with Crippen LogP contribution in [-0.4, -0.2) is 22.4 Å². The minimum atomic E-state index is -0.412. The number of nitrogens with one attached hydrogen (secondary N) is 3. The van der Waals surface area contributed by atoms with Crippen LogP contribution in [0.5, 0.6) is 0 Å². The molecule has 3 N–H and O–H groups in total. The van der Waals surface area contributed by atoms with Gasteiger partial charge in [-0.25, -0.2) is 0 Å². The molecule has 0 bridgehead atoms. The zero-order valence-corrected chi connectivity index (χ0v) is 16.0. The lowest BCUT2D eigenvalue weighted by molar-refractivity contribution is -0.128. The summed E-state index contributed by atoms with van der Waals surface area (Å²) in [6.07, 6.45) is 4.14. The highest BCUT2D eigenvalue weighted by atomic mass is 16.2. The summed E-state index contributed by atoms with van der Waals surface area (Å²) in [5.41, 5.74) is 4.21. The summed E-state index contributed by atoms with van der Waals surface area (Å²) in [5.74, 6) is 0.121. The van der Waals surface area contributed by atoms with Gasteiger partial charge < -0.3 is 15.3 Å². The van der Waals surface area contributed by atoms with Crippen molar-refractivity contribution < 1.29 is 4.79 Å². The molecule has 0 aliphatic rings. The molecule has 2 aromatic heterocycles. The largest absolute Gasteiger partial charge is 0.361 e. The Morgan fingerprint density at radius 3 is 1.85 bits per heavy atom. The van der Waals surface area contributed by atoms with E-state index in [2.05, 4.69) is 64.1 Å². The molecule has 1 amide bonds. The van der Waals surface area contributed by atoms with Gasteiger partial charge in [-0.2, -0.15) is 0 Å². The molecule has 2 aromatic carbocycles. The predicted molar refractivity (Wildman–Crippen MR) is 111 cm³/mol. The Morgan fingerprint density at radius 1 is 0.889 bits per heavy atom. The van der Waals surface area contributed by atoms with Crippen LogP contribution in [0.4, 0.5) is 0 Å². The molecule has 0 saturated heterocycles. The first-order chi connectivity index (χ1) is 12.9. The second-order valence-corrected chi connectivity index (χ2v) is 8.09. The Bertz CT molecular complexity index is 1020. The number of rotatable bonds is 4. The van der Waals surface area contributed by atoms with E-state index in [0.717, 1.165) is 11.0 Å². The fourth-order valence-corrected chi connectivity index (χ4v) is 3.61. The van der Waals surface area contributed by atoms with Gasteiger partial charge in [0.2, 0.25) is 5.91 Å². The van der Waals surface area contributed by atoms with E-state index in [4.69, 9.17) is 0 Å². The van der Waals surface area contributed by atoms with Crippen molar-refractivity contribution in [1.82, 2.24) is 15.3 Å². The number of carbonyl (C=O) groups excluding carboxylic acids is 1. The molecule has 0 atom stereocenters. The van der Waals surface area contributed by atoms with Gasteiger partial charge in [-0.3, -0.25) is 4.79 Å². The molecule has 0 aliphatic heterocycles. The smallest absolute Gasteiger partial charge is 0.225 e. The van der Waals surface area contributed by atoms with Gasteiger partial charge in [-0.15, -0.1) is 0 Å². The number of aromatic amines is 2. The van der Waals surface area contributed by atoms with Crippen LogP contribution in [0, 0.1) is 5.41 Å². The minimum Gasteiger partial charge on any atom is -0.361 e. The van der Waals surface area contributed by atoms with Crippen molar-refractivity contribution in [3.63, 3.8) is 0 Å². The van der Waals surface area contributed by atoms with Gasteiger partial charge in [-0.1, -0.05) is 57.2 Å². The molecule has 0 saturated carbocycles. The maximum Gasteiger partial charge on any atom is 0.225 e.